The number of aromatic hydroxyl groups is 1. The Bertz CT molecular complexity index is 568. The van der Waals surface area contributed by atoms with Crippen LogP contribution in [0.15, 0.2) is 42.5 Å². The van der Waals surface area contributed by atoms with Crippen molar-refractivity contribution in [1.82, 2.24) is 9.88 Å². The fourth-order valence-corrected chi connectivity index (χ4v) is 2.74. The number of nitrogens with zero attached hydrogens (tertiary/aromatic N) is 2. The summed E-state index contributed by atoms with van der Waals surface area (Å²) < 4.78 is 0. The van der Waals surface area contributed by atoms with Gasteiger partial charge >= 0.3 is 0 Å². The average molecular weight is 305 g/mol. The maximum absolute atomic E-state index is 10.0. The highest BCUT2D eigenvalue weighted by molar-refractivity contribution is 5.85. The molecule has 1 aliphatic rings. The summed E-state index contributed by atoms with van der Waals surface area (Å²) in [4.78, 5) is 7.09. The molecule has 2 heterocycles. The zero-order chi connectivity index (χ0) is 13.8. The number of hydrogen-bond donors (Lipinski definition) is 1. The highest BCUT2D eigenvalue weighted by Crippen LogP contribution is 2.27. The second kappa shape index (κ2) is 7.43. The molecule has 0 amide bonds. The number of benzene rings is 1. The molecule has 0 spiro atoms. The molecule has 0 bridgehead atoms. The van der Waals surface area contributed by atoms with E-state index >= 15 is 0 Å². The van der Waals surface area contributed by atoms with Gasteiger partial charge in [-0.3, -0.25) is 4.90 Å². The van der Waals surface area contributed by atoms with E-state index in [4.69, 9.17) is 0 Å². The van der Waals surface area contributed by atoms with Gasteiger partial charge in [0, 0.05) is 12.1 Å². The maximum atomic E-state index is 10.0. The summed E-state index contributed by atoms with van der Waals surface area (Å²) in [5, 5.41) is 10.0. The van der Waals surface area contributed by atoms with Crippen LogP contribution in [0, 0.1) is 0 Å². The van der Waals surface area contributed by atoms with E-state index in [1.165, 1.54) is 19.3 Å². The SMILES string of the molecule is Cl.Oc1ccc(CN2CCCCC2)nc1-c1ccccc1. The van der Waals surface area contributed by atoms with Gasteiger partial charge in [0.05, 0.1) is 5.69 Å². The molecule has 0 atom stereocenters. The average Bonchev–Trinajstić information content (AvgIpc) is 2.51. The molecule has 4 heteroatoms. The van der Waals surface area contributed by atoms with Crippen molar-refractivity contribution < 1.29 is 5.11 Å². The van der Waals surface area contributed by atoms with E-state index in [2.05, 4.69) is 9.88 Å². The van der Waals surface area contributed by atoms with Gasteiger partial charge in [-0.25, -0.2) is 4.98 Å². The second-order valence-electron chi connectivity index (χ2n) is 5.37. The van der Waals surface area contributed by atoms with Crippen LogP contribution in [0.4, 0.5) is 0 Å². The quantitative estimate of drug-likeness (QED) is 0.935. The molecular weight excluding hydrogens is 284 g/mol. The van der Waals surface area contributed by atoms with Gasteiger partial charge in [0.25, 0.3) is 0 Å². The first-order valence-electron chi connectivity index (χ1n) is 7.29. The van der Waals surface area contributed by atoms with Gasteiger partial charge in [-0.05, 0) is 38.1 Å². The summed E-state index contributed by atoms with van der Waals surface area (Å²) in [5.41, 5.74) is 2.68. The minimum Gasteiger partial charge on any atom is -0.506 e. The lowest BCUT2D eigenvalue weighted by atomic mass is 10.1. The largest absolute Gasteiger partial charge is 0.506 e. The smallest absolute Gasteiger partial charge is 0.141 e. The van der Waals surface area contributed by atoms with Gasteiger partial charge in [-0.1, -0.05) is 36.8 Å². The summed E-state index contributed by atoms with van der Waals surface area (Å²) >= 11 is 0. The van der Waals surface area contributed by atoms with E-state index in [9.17, 15) is 5.11 Å². The van der Waals surface area contributed by atoms with E-state index in [0.717, 1.165) is 30.9 Å². The Balaban J connectivity index is 0.00000161. The lowest BCUT2D eigenvalue weighted by molar-refractivity contribution is 0.218. The molecule has 112 valence electrons. The van der Waals surface area contributed by atoms with Crippen LogP contribution in [0.25, 0.3) is 11.3 Å². The van der Waals surface area contributed by atoms with E-state index in [0.29, 0.717) is 5.69 Å². The minimum atomic E-state index is 0. The first-order valence-corrected chi connectivity index (χ1v) is 7.29. The maximum Gasteiger partial charge on any atom is 0.141 e. The third-order valence-corrected chi connectivity index (χ3v) is 3.81. The molecule has 0 aliphatic carbocycles. The van der Waals surface area contributed by atoms with Crippen molar-refractivity contribution in [2.75, 3.05) is 13.1 Å². The van der Waals surface area contributed by atoms with Gasteiger partial charge in [-0.2, -0.15) is 0 Å². The number of likely N-dealkylation sites (tertiary alicyclic amines) is 1. The van der Waals surface area contributed by atoms with Crippen molar-refractivity contribution >= 4 is 12.4 Å². The van der Waals surface area contributed by atoms with Crippen LogP contribution in [-0.4, -0.2) is 28.1 Å². The predicted octanol–water partition coefficient (Wildman–Crippen LogP) is 3.86. The Hall–Kier alpha value is -1.58. The Morgan fingerprint density at radius 1 is 0.952 bits per heavy atom. The van der Waals surface area contributed by atoms with Crippen molar-refractivity contribution in [2.24, 2.45) is 0 Å². The number of hydrogen-bond acceptors (Lipinski definition) is 3. The Morgan fingerprint density at radius 3 is 2.38 bits per heavy atom. The standard InChI is InChI=1S/C17H20N2O.ClH/c20-16-10-9-15(13-19-11-5-2-6-12-19)18-17(16)14-7-3-1-4-8-14;/h1,3-4,7-10,20H,2,5-6,11-13H2;1H. The summed E-state index contributed by atoms with van der Waals surface area (Å²) in [6.07, 6.45) is 3.90. The minimum absolute atomic E-state index is 0. The molecule has 1 aliphatic heterocycles. The normalized spacial score (nSPS) is 15.4. The fourth-order valence-electron chi connectivity index (χ4n) is 2.74. The molecule has 1 aromatic carbocycles. The third-order valence-electron chi connectivity index (χ3n) is 3.81. The molecule has 1 aromatic heterocycles. The highest BCUT2D eigenvalue weighted by Gasteiger charge is 2.13. The number of aromatic nitrogens is 1. The van der Waals surface area contributed by atoms with Crippen LogP contribution in [0.2, 0.25) is 0 Å². The van der Waals surface area contributed by atoms with Gasteiger partial charge in [0.2, 0.25) is 0 Å². The Labute approximate surface area is 132 Å². The van der Waals surface area contributed by atoms with E-state index < -0.39 is 0 Å². The Kier molecular flexibility index (Phi) is 5.59. The summed E-state index contributed by atoms with van der Waals surface area (Å²) in [7, 11) is 0. The van der Waals surface area contributed by atoms with Crippen LogP contribution in [-0.2, 0) is 6.54 Å². The monoisotopic (exact) mass is 304 g/mol. The first-order chi connectivity index (χ1) is 9.83. The molecule has 3 rings (SSSR count). The molecule has 2 aromatic rings. The van der Waals surface area contributed by atoms with E-state index in [1.54, 1.807) is 6.07 Å². The molecule has 1 saturated heterocycles. The van der Waals surface area contributed by atoms with Gasteiger partial charge < -0.3 is 5.11 Å². The van der Waals surface area contributed by atoms with Crippen molar-refractivity contribution in [2.45, 2.75) is 25.8 Å². The highest BCUT2D eigenvalue weighted by atomic mass is 35.5. The van der Waals surface area contributed by atoms with E-state index in [1.807, 2.05) is 36.4 Å². The zero-order valence-corrected chi connectivity index (χ0v) is 12.9. The van der Waals surface area contributed by atoms with Crippen molar-refractivity contribution in [3.63, 3.8) is 0 Å². The summed E-state index contributed by atoms with van der Waals surface area (Å²) in [6, 6.07) is 13.5. The molecule has 0 radical (unpaired) electrons. The van der Waals surface area contributed by atoms with Crippen LogP contribution in [0.5, 0.6) is 5.75 Å². The number of rotatable bonds is 3. The zero-order valence-electron chi connectivity index (χ0n) is 12.0. The van der Waals surface area contributed by atoms with Crippen LogP contribution < -0.4 is 0 Å². The molecule has 0 saturated carbocycles. The van der Waals surface area contributed by atoms with Crippen LogP contribution in [0.3, 0.4) is 0 Å². The van der Waals surface area contributed by atoms with Gasteiger partial charge in [0.15, 0.2) is 0 Å². The van der Waals surface area contributed by atoms with Gasteiger partial charge in [0.1, 0.15) is 11.4 Å². The molecule has 0 unspecified atom stereocenters. The summed E-state index contributed by atoms with van der Waals surface area (Å²) in [6.45, 7) is 3.19. The number of piperidine rings is 1. The van der Waals surface area contributed by atoms with Crippen molar-refractivity contribution in [3.05, 3.63) is 48.2 Å². The topological polar surface area (TPSA) is 36.4 Å². The molecule has 1 fully saturated rings. The Morgan fingerprint density at radius 2 is 1.67 bits per heavy atom. The second-order valence-corrected chi connectivity index (χ2v) is 5.37. The molecular formula is C17H21ClN2O. The number of halogens is 1. The molecule has 3 nitrogen and oxygen atoms in total. The van der Waals surface area contributed by atoms with Crippen LogP contribution >= 0.6 is 12.4 Å². The number of pyridine rings is 1. The molecule has 21 heavy (non-hydrogen) atoms. The lowest BCUT2D eigenvalue weighted by Crippen LogP contribution is -2.29. The lowest BCUT2D eigenvalue weighted by Gasteiger charge is -2.26. The van der Waals surface area contributed by atoms with Gasteiger partial charge in [-0.15, -0.1) is 12.4 Å². The van der Waals surface area contributed by atoms with E-state index in [-0.39, 0.29) is 18.2 Å². The molecule has 1 N–H and O–H groups in total. The van der Waals surface area contributed by atoms with Crippen molar-refractivity contribution in [1.29, 1.82) is 0 Å². The fraction of sp³-hybridized carbons (Fsp3) is 0.353. The summed E-state index contributed by atoms with van der Waals surface area (Å²) in [5.74, 6) is 0.249. The predicted molar refractivity (Wildman–Crippen MR) is 87.7 cm³/mol. The first kappa shape index (κ1) is 15.8. The third kappa shape index (κ3) is 3.96. The van der Waals surface area contributed by atoms with Crippen LogP contribution in [0.1, 0.15) is 25.0 Å². The van der Waals surface area contributed by atoms with Crippen molar-refractivity contribution in [3.8, 4) is 17.0 Å².